The first-order valence-corrected chi connectivity index (χ1v) is 8.16. The quantitative estimate of drug-likeness (QED) is 0.663. The van der Waals surface area contributed by atoms with E-state index in [9.17, 15) is 9.59 Å². The molecule has 0 spiro atoms. The Balaban J connectivity index is 1.87. The summed E-state index contributed by atoms with van der Waals surface area (Å²) in [6.07, 6.45) is 0. The number of anilines is 1. The van der Waals surface area contributed by atoms with Crippen LogP contribution in [0.25, 0.3) is 10.2 Å². The number of rotatable bonds is 5. The van der Waals surface area contributed by atoms with E-state index in [0.29, 0.717) is 33.9 Å². The molecule has 2 aromatic heterocycles. The number of carbonyl (C=O) groups excluding carboxylic acids is 2. The lowest BCUT2D eigenvalue weighted by Crippen LogP contribution is -2.21. The van der Waals surface area contributed by atoms with Gasteiger partial charge in [-0.05, 0) is 25.1 Å². The van der Waals surface area contributed by atoms with Gasteiger partial charge in [0, 0.05) is 6.54 Å². The molecule has 0 radical (unpaired) electrons. The van der Waals surface area contributed by atoms with Crippen molar-refractivity contribution in [3.8, 4) is 5.75 Å². The van der Waals surface area contributed by atoms with Crippen LogP contribution >= 0.6 is 11.3 Å². The number of para-hydroxylation sites is 1. The summed E-state index contributed by atoms with van der Waals surface area (Å²) in [6, 6.07) is 8.65. The normalized spacial score (nSPS) is 10.6. The van der Waals surface area contributed by atoms with Gasteiger partial charge in [0.1, 0.15) is 10.6 Å². The van der Waals surface area contributed by atoms with Crippen molar-refractivity contribution < 1.29 is 14.3 Å². The molecule has 3 N–H and O–H groups in total. The lowest BCUT2D eigenvalue weighted by Gasteiger charge is -2.07. The van der Waals surface area contributed by atoms with Crippen LogP contribution in [0.4, 0.5) is 5.82 Å². The highest BCUT2D eigenvalue weighted by molar-refractivity contribution is 7.20. The summed E-state index contributed by atoms with van der Waals surface area (Å²) in [5.74, 6) is 0.392. The van der Waals surface area contributed by atoms with Crippen LogP contribution in [0.2, 0.25) is 0 Å². The molecule has 3 aromatic rings. The number of nitrogens with zero attached hydrogens (tertiary/aromatic N) is 1. The van der Waals surface area contributed by atoms with Gasteiger partial charge >= 0.3 is 0 Å². The highest BCUT2D eigenvalue weighted by atomic mass is 32.1. The Bertz CT molecular complexity index is 900. The second-order valence-corrected chi connectivity index (χ2v) is 5.99. The third kappa shape index (κ3) is 2.95. The second kappa shape index (κ2) is 6.71. The molecule has 0 saturated carbocycles. The standard InChI is InChI=1S/C16H16N4O3S/c1-3-17-15(22)12-8-10-13(19-20-16(10)24-12)18-14(21)9-6-4-5-7-11(9)23-2/h4-8H,3H2,1-2H3,(H,17,22)(H2,18,19,20,21). The van der Waals surface area contributed by atoms with E-state index in [1.807, 2.05) is 6.92 Å². The van der Waals surface area contributed by atoms with Crippen molar-refractivity contribution in [1.29, 1.82) is 0 Å². The largest absolute Gasteiger partial charge is 0.496 e. The number of nitrogens with one attached hydrogen (secondary N) is 3. The first-order chi connectivity index (χ1) is 11.6. The molecule has 7 nitrogen and oxygen atoms in total. The van der Waals surface area contributed by atoms with E-state index in [-0.39, 0.29) is 11.8 Å². The van der Waals surface area contributed by atoms with Gasteiger partial charge in [0.05, 0.1) is 22.9 Å². The summed E-state index contributed by atoms with van der Waals surface area (Å²) in [5, 5.41) is 13.1. The minimum absolute atomic E-state index is 0.144. The molecule has 24 heavy (non-hydrogen) atoms. The van der Waals surface area contributed by atoms with E-state index >= 15 is 0 Å². The molecule has 0 unspecified atom stereocenters. The summed E-state index contributed by atoms with van der Waals surface area (Å²) < 4.78 is 5.20. The average molecular weight is 344 g/mol. The topological polar surface area (TPSA) is 96.1 Å². The number of benzene rings is 1. The minimum atomic E-state index is -0.327. The number of methoxy groups -OCH3 is 1. The Labute approximate surface area is 142 Å². The van der Waals surface area contributed by atoms with Gasteiger partial charge < -0.3 is 15.4 Å². The summed E-state index contributed by atoms with van der Waals surface area (Å²) >= 11 is 1.29. The fraction of sp³-hybridized carbons (Fsp3) is 0.188. The molecular formula is C16H16N4O3S. The van der Waals surface area contributed by atoms with E-state index in [0.717, 1.165) is 4.83 Å². The third-order valence-electron chi connectivity index (χ3n) is 3.40. The fourth-order valence-electron chi connectivity index (χ4n) is 2.28. The van der Waals surface area contributed by atoms with Crippen LogP contribution < -0.4 is 15.4 Å². The molecular weight excluding hydrogens is 328 g/mol. The van der Waals surface area contributed by atoms with Gasteiger partial charge in [0.25, 0.3) is 11.8 Å². The number of aromatic nitrogens is 2. The summed E-state index contributed by atoms with van der Waals surface area (Å²) in [6.45, 7) is 2.41. The Hall–Kier alpha value is -2.87. The smallest absolute Gasteiger partial charge is 0.261 e. The molecule has 0 aliphatic rings. The molecule has 0 saturated heterocycles. The zero-order valence-corrected chi connectivity index (χ0v) is 14.0. The summed E-state index contributed by atoms with van der Waals surface area (Å²) in [4.78, 5) is 25.7. The van der Waals surface area contributed by atoms with Gasteiger partial charge in [-0.25, -0.2) is 0 Å². The van der Waals surface area contributed by atoms with Crippen LogP contribution in [0, 0.1) is 0 Å². The van der Waals surface area contributed by atoms with E-state index in [1.165, 1.54) is 18.4 Å². The first kappa shape index (κ1) is 16.0. The van der Waals surface area contributed by atoms with Crippen molar-refractivity contribution in [2.24, 2.45) is 0 Å². The van der Waals surface area contributed by atoms with Crippen LogP contribution in [0.3, 0.4) is 0 Å². The maximum absolute atomic E-state index is 12.5. The Morgan fingerprint density at radius 2 is 2.08 bits per heavy atom. The molecule has 0 aliphatic carbocycles. The Morgan fingerprint density at radius 1 is 1.29 bits per heavy atom. The van der Waals surface area contributed by atoms with Gasteiger partial charge in [-0.3, -0.25) is 14.7 Å². The van der Waals surface area contributed by atoms with Crippen LogP contribution in [0.15, 0.2) is 30.3 Å². The van der Waals surface area contributed by atoms with Crippen molar-refractivity contribution in [2.75, 3.05) is 19.0 Å². The maximum Gasteiger partial charge on any atom is 0.261 e. The second-order valence-electron chi connectivity index (χ2n) is 4.94. The third-order valence-corrected chi connectivity index (χ3v) is 4.44. The molecule has 124 valence electrons. The number of carbonyl (C=O) groups is 2. The lowest BCUT2D eigenvalue weighted by molar-refractivity contribution is 0.0959. The zero-order valence-electron chi connectivity index (χ0n) is 13.2. The van der Waals surface area contributed by atoms with Crippen molar-refractivity contribution >= 4 is 39.2 Å². The van der Waals surface area contributed by atoms with Crippen molar-refractivity contribution in [3.63, 3.8) is 0 Å². The number of hydrogen-bond acceptors (Lipinski definition) is 5. The predicted octanol–water partition coefficient (Wildman–Crippen LogP) is 2.64. The molecule has 0 aliphatic heterocycles. The van der Waals surface area contributed by atoms with Crippen molar-refractivity contribution in [2.45, 2.75) is 6.92 Å². The lowest BCUT2D eigenvalue weighted by atomic mass is 10.2. The monoisotopic (exact) mass is 344 g/mol. The van der Waals surface area contributed by atoms with Crippen LogP contribution in [0.1, 0.15) is 27.0 Å². The molecule has 1 aromatic carbocycles. The maximum atomic E-state index is 12.5. The number of amides is 2. The highest BCUT2D eigenvalue weighted by Gasteiger charge is 2.18. The molecule has 2 heterocycles. The SMILES string of the molecule is CCNC(=O)c1cc2c(NC(=O)c3ccccc3OC)n[nH]c2s1. The van der Waals surface area contributed by atoms with E-state index in [4.69, 9.17) is 4.74 Å². The summed E-state index contributed by atoms with van der Waals surface area (Å²) in [5.41, 5.74) is 0.412. The van der Waals surface area contributed by atoms with Crippen LogP contribution in [-0.4, -0.2) is 35.7 Å². The summed E-state index contributed by atoms with van der Waals surface area (Å²) in [7, 11) is 1.51. The molecule has 8 heteroatoms. The van der Waals surface area contributed by atoms with Gasteiger partial charge in [0.2, 0.25) is 0 Å². The number of ether oxygens (including phenoxy) is 1. The molecule has 0 fully saturated rings. The number of H-pyrrole nitrogens is 1. The van der Waals surface area contributed by atoms with E-state index in [1.54, 1.807) is 30.3 Å². The number of hydrogen-bond donors (Lipinski definition) is 3. The minimum Gasteiger partial charge on any atom is -0.496 e. The van der Waals surface area contributed by atoms with Gasteiger partial charge in [-0.2, -0.15) is 5.10 Å². The first-order valence-electron chi connectivity index (χ1n) is 7.34. The Kier molecular flexibility index (Phi) is 4.48. The molecule has 2 amide bonds. The zero-order chi connectivity index (χ0) is 17.1. The predicted molar refractivity (Wildman–Crippen MR) is 92.9 cm³/mol. The average Bonchev–Trinajstić information content (AvgIpc) is 3.17. The Morgan fingerprint density at radius 3 is 2.83 bits per heavy atom. The van der Waals surface area contributed by atoms with E-state index < -0.39 is 0 Å². The van der Waals surface area contributed by atoms with Gasteiger partial charge in [-0.1, -0.05) is 12.1 Å². The number of thiophene rings is 1. The van der Waals surface area contributed by atoms with E-state index in [2.05, 4.69) is 20.8 Å². The number of fused-ring (bicyclic) bond motifs is 1. The van der Waals surface area contributed by atoms with Crippen LogP contribution in [0.5, 0.6) is 5.75 Å². The van der Waals surface area contributed by atoms with Crippen LogP contribution in [-0.2, 0) is 0 Å². The van der Waals surface area contributed by atoms with Gasteiger partial charge in [-0.15, -0.1) is 11.3 Å². The molecule has 0 atom stereocenters. The van der Waals surface area contributed by atoms with Gasteiger partial charge in [0.15, 0.2) is 5.82 Å². The van der Waals surface area contributed by atoms with Crippen molar-refractivity contribution in [3.05, 3.63) is 40.8 Å². The van der Waals surface area contributed by atoms with Crippen molar-refractivity contribution in [1.82, 2.24) is 15.5 Å². The molecule has 0 bridgehead atoms. The highest BCUT2D eigenvalue weighted by Crippen LogP contribution is 2.30. The number of aromatic amines is 1. The fourth-order valence-corrected chi connectivity index (χ4v) is 3.20. The molecule has 3 rings (SSSR count).